The highest BCUT2D eigenvalue weighted by Crippen LogP contribution is 2.18. The Morgan fingerprint density at radius 2 is 1.79 bits per heavy atom. The van der Waals surface area contributed by atoms with Gasteiger partial charge in [-0.05, 0) is 55.1 Å². The minimum atomic E-state index is -0.291. The summed E-state index contributed by atoms with van der Waals surface area (Å²) in [6.07, 6.45) is 7.56. The Balaban J connectivity index is 1.43. The van der Waals surface area contributed by atoms with Crippen molar-refractivity contribution in [3.05, 3.63) is 71.5 Å². The van der Waals surface area contributed by atoms with Crippen molar-refractivity contribution >= 4 is 6.03 Å². The van der Waals surface area contributed by atoms with Crippen molar-refractivity contribution < 1.29 is 9.18 Å². The first-order valence-corrected chi connectivity index (χ1v) is 10.1. The molecule has 2 aromatic rings. The molecule has 4 nitrogen and oxygen atoms in total. The molecular formula is C24H28FN3O. The number of nitrogens with zero attached hydrogens (tertiary/aromatic N) is 2. The summed E-state index contributed by atoms with van der Waals surface area (Å²) in [5.74, 6) is 2.72. The van der Waals surface area contributed by atoms with Crippen LogP contribution in [-0.2, 0) is 13.1 Å². The standard InChI is InChI=1S/C24H28FN3O/c1-2-14-28(19-22-8-10-23(25)11-9-22)24(29)26-17-20-12-15-27(16-13-20)18-21-6-4-3-5-7-21/h1,3-11,20H,12-19H2,(H,26,29). The van der Waals surface area contributed by atoms with Crippen LogP contribution in [0.1, 0.15) is 24.0 Å². The molecule has 1 N–H and O–H groups in total. The summed E-state index contributed by atoms with van der Waals surface area (Å²) in [7, 11) is 0. The van der Waals surface area contributed by atoms with Gasteiger partial charge in [0, 0.05) is 19.6 Å². The smallest absolute Gasteiger partial charge is 0.318 e. The first-order chi connectivity index (χ1) is 14.1. The lowest BCUT2D eigenvalue weighted by Gasteiger charge is -2.32. The van der Waals surface area contributed by atoms with Crippen LogP contribution in [0.3, 0.4) is 0 Å². The molecule has 0 aliphatic carbocycles. The molecule has 0 unspecified atom stereocenters. The summed E-state index contributed by atoms with van der Waals surface area (Å²) in [6.45, 7) is 4.30. The largest absolute Gasteiger partial charge is 0.338 e. The van der Waals surface area contributed by atoms with E-state index in [1.807, 2.05) is 6.07 Å². The van der Waals surface area contributed by atoms with E-state index >= 15 is 0 Å². The minimum absolute atomic E-state index is 0.168. The number of hydrogen-bond acceptors (Lipinski definition) is 2. The van der Waals surface area contributed by atoms with Gasteiger partial charge in [0.1, 0.15) is 5.82 Å². The zero-order chi connectivity index (χ0) is 20.5. The van der Waals surface area contributed by atoms with Gasteiger partial charge in [-0.2, -0.15) is 0 Å². The average molecular weight is 394 g/mol. The number of piperidine rings is 1. The molecule has 5 heteroatoms. The minimum Gasteiger partial charge on any atom is -0.338 e. The first kappa shape index (κ1) is 20.9. The zero-order valence-electron chi connectivity index (χ0n) is 16.7. The summed E-state index contributed by atoms with van der Waals surface area (Å²) < 4.78 is 13.1. The SMILES string of the molecule is C#CCN(Cc1ccc(F)cc1)C(=O)NCC1CCN(Cc2ccccc2)CC1. The van der Waals surface area contributed by atoms with Crippen molar-refractivity contribution in [3.8, 4) is 12.3 Å². The Bertz CT molecular complexity index is 808. The van der Waals surface area contributed by atoms with E-state index < -0.39 is 0 Å². The predicted molar refractivity (Wildman–Crippen MR) is 113 cm³/mol. The highest BCUT2D eigenvalue weighted by Gasteiger charge is 2.21. The van der Waals surface area contributed by atoms with E-state index in [1.165, 1.54) is 17.7 Å². The quantitative estimate of drug-likeness (QED) is 0.725. The number of halogens is 1. The molecule has 1 aliphatic heterocycles. The summed E-state index contributed by atoms with van der Waals surface area (Å²) >= 11 is 0. The van der Waals surface area contributed by atoms with Gasteiger partial charge in [0.15, 0.2) is 0 Å². The molecule has 2 aromatic carbocycles. The summed E-state index contributed by atoms with van der Waals surface area (Å²) in [5.41, 5.74) is 2.19. The Morgan fingerprint density at radius 3 is 2.45 bits per heavy atom. The number of benzene rings is 2. The highest BCUT2D eigenvalue weighted by atomic mass is 19.1. The fourth-order valence-electron chi connectivity index (χ4n) is 3.65. The number of carbonyl (C=O) groups excluding carboxylic acids is 1. The first-order valence-electron chi connectivity index (χ1n) is 10.1. The normalized spacial score (nSPS) is 14.9. The molecule has 1 saturated heterocycles. The lowest BCUT2D eigenvalue weighted by Crippen LogP contribution is -2.43. The topological polar surface area (TPSA) is 35.6 Å². The summed E-state index contributed by atoms with van der Waals surface area (Å²) in [4.78, 5) is 16.6. The number of urea groups is 1. The molecule has 0 atom stereocenters. The lowest BCUT2D eigenvalue weighted by atomic mass is 9.96. The summed E-state index contributed by atoms with van der Waals surface area (Å²) in [5, 5.41) is 3.03. The van der Waals surface area contributed by atoms with E-state index in [4.69, 9.17) is 6.42 Å². The van der Waals surface area contributed by atoms with Crippen LogP contribution in [-0.4, -0.2) is 42.0 Å². The van der Waals surface area contributed by atoms with Gasteiger partial charge in [0.2, 0.25) is 0 Å². The molecule has 29 heavy (non-hydrogen) atoms. The maximum atomic E-state index is 13.1. The van der Waals surface area contributed by atoms with Gasteiger partial charge in [-0.15, -0.1) is 6.42 Å². The molecule has 0 aromatic heterocycles. The van der Waals surface area contributed by atoms with E-state index in [-0.39, 0.29) is 18.4 Å². The molecule has 0 bridgehead atoms. The second-order valence-electron chi connectivity index (χ2n) is 7.58. The van der Waals surface area contributed by atoms with Crippen LogP contribution in [0, 0.1) is 24.1 Å². The number of rotatable bonds is 7. The third kappa shape index (κ3) is 6.62. The fourth-order valence-corrected chi connectivity index (χ4v) is 3.65. The highest BCUT2D eigenvalue weighted by molar-refractivity contribution is 5.74. The van der Waals surface area contributed by atoms with E-state index in [2.05, 4.69) is 40.4 Å². The molecular weight excluding hydrogens is 365 g/mol. The van der Waals surface area contributed by atoms with Crippen LogP contribution >= 0.6 is 0 Å². The van der Waals surface area contributed by atoms with Crippen molar-refractivity contribution in [3.63, 3.8) is 0 Å². The zero-order valence-corrected chi connectivity index (χ0v) is 16.7. The monoisotopic (exact) mass is 393 g/mol. The van der Waals surface area contributed by atoms with Gasteiger partial charge in [0.25, 0.3) is 0 Å². The molecule has 0 saturated carbocycles. The van der Waals surface area contributed by atoms with Gasteiger partial charge >= 0.3 is 6.03 Å². The van der Waals surface area contributed by atoms with E-state index in [0.29, 0.717) is 19.0 Å². The number of terminal acetylenes is 1. The van der Waals surface area contributed by atoms with Crippen LogP contribution in [0.2, 0.25) is 0 Å². The molecule has 2 amide bonds. The van der Waals surface area contributed by atoms with Crippen LogP contribution in [0.15, 0.2) is 54.6 Å². The number of likely N-dealkylation sites (tertiary alicyclic amines) is 1. The number of carbonyl (C=O) groups is 1. The Hall–Kier alpha value is -2.84. The van der Waals surface area contributed by atoms with Crippen molar-refractivity contribution in [1.29, 1.82) is 0 Å². The van der Waals surface area contributed by atoms with E-state index in [9.17, 15) is 9.18 Å². The third-order valence-corrected chi connectivity index (χ3v) is 5.35. The molecule has 3 rings (SSSR count). The Labute approximate surface area is 172 Å². The van der Waals surface area contributed by atoms with Crippen LogP contribution in [0.5, 0.6) is 0 Å². The predicted octanol–water partition coefficient (Wildman–Crippen LogP) is 3.88. The molecule has 1 fully saturated rings. The Morgan fingerprint density at radius 1 is 1.10 bits per heavy atom. The molecule has 152 valence electrons. The van der Waals surface area contributed by atoms with Crippen LogP contribution in [0.25, 0.3) is 0 Å². The lowest BCUT2D eigenvalue weighted by molar-refractivity contribution is 0.169. The fraction of sp³-hybridized carbons (Fsp3) is 0.375. The number of amides is 2. The number of hydrogen-bond donors (Lipinski definition) is 1. The van der Waals surface area contributed by atoms with Crippen molar-refractivity contribution in [2.75, 3.05) is 26.2 Å². The van der Waals surface area contributed by atoms with Gasteiger partial charge in [-0.25, -0.2) is 9.18 Å². The average Bonchev–Trinajstić information content (AvgIpc) is 2.75. The second-order valence-corrected chi connectivity index (χ2v) is 7.58. The van der Waals surface area contributed by atoms with Crippen molar-refractivity contribution in [2.24, 2.45) is 5.92 Å². The van der Waals surface area contributed by atoms with Gasteiger partial charge in [-0.1, -0.05) is 48.4 Å². The van der Waals surface area contributed by atoms with Gasteiger partial charge in [0.05, 0.1) is 6.54 Å². The molecule has 0 spiro atoms. The Kier molecular flexibility index (Phi) is 7.66. The van der Waals surface area contributed by atoms with Crippen molar-refractivity contribution in [2.45, 2.75) is 25.9 Å². The van der Waals surface area contributed by atoms with E-state index in [0.717, 1.165) is 38.0 Å². The van der Waals surface area contributed by atoms with Gasteiger partial charge < -0.3 is 10.2 Å². The third-order valence-electron chi connectivity index (χ3n) is 5.35. The second kappa shape index (κ2) is 10.6. The number of nitrogens with one attached hydrogen (secondary N) is 1. The maximum Gasteiger partial charge on any atom is 0.318 e. The summed E-state index contributed by atoms with van der Waals surface area (Å²) in [6, 6.07) is 16.5. The molecule has 0 radical (unpaired) electrons. The molecule has 1 aliphatic rings. The van der Waals surface area contributed by atoms with Crippen LogP contribution < -0.4 is 5.32 Å². The maximum absolute atomic E-state index is 13.1. The molecule has 1 heterocycles. The van der Waals surface area contributed by atoms with Gasteiger partial charge in [-0.3, -0.25) is 4.90 Å². The van der Waals surface area contributed by atoms with Crippen LogP contribution in [0.4, 0.5) is 9.18 Å². The van der Waals surface area contributed by atoms with Crippen molar-refractivity contribution in [1.82, 2.24) is 15.1 Å². The van der Waals surface area contributed by atoms with E-state index in [1.54, 1.807) is 17.0 Å².